The topological polar surface area (TPSA) is 35.2 Å². The largest absolute Gasteiger partial charge is 0.494 e. The fourth-order valence-corrected chi connectivity index (χ4v) is 2.73. The van der Waals surface area contributed by atoms with Crippen molar-refractivity contribution in [2.45, 2.75) is 25.2 Å². The smallest absolute Gasteiger partial charge is 0.119 e. The third-order valence-electron chi connectivity index (χ3n) is 3.18. The Balaban J connectivity index is 1.68. The van der Waals surface area contributed by atoms with Crippen LogP contribution in [0, 0.1) is 13.8 Å². The number of aryl methyl sites for hydroxylation is 2. The quantitative estimate of drug-likeness (QED) is 0.484. The number of benzene rings is 2. The Morgan fingerprint density at radius 2 is 1.75 bits per heavy atom. The van der Waals surface area contributed by atoms with E-state index in [1.54, 1.807) is 0 Å². The maximum absolute atomic E-state index is 5.67. The highest BCUT2D eigenvalue weighted by Gasteiger charge is 1.98. The molecule has 2 nitrogen and oxygen atoms in total. The lowest BCUT2D eigenvalue weighted by Crippen LogP contribution is -1.98. The molecule has 0 spiro atoms. The van der Waals surface area contributed by atoms with Crippen molar-refractivity contribution in [3.05, 3.63) is 53.6 Å². The van der Waals surface area contributed by atoms with Crippen molar-refractivity contribution in [1.29, 1.82) is 0 Å². The summed E-state index contributed by atoms with van der Waals surface area (Å²) in [6.07, 6.45) is 1.03. The highest BCUT2D eigenvalue weighted by Crippen LogP contribution is 2.22. The lowest BCUT2D eigenvalue weighted by molar-refractivity contribution is 0.319. The van der Waals surface area contributed by atoms with Crippen LogP contribution in [-0.2, 0) is 0 Å². The predicted molar refractivity (Wildman–Crippen MR) is 87.6 cm³/mol. The van der Waals surface area contributed by atoms with Crippen LogP contribution in [-0.4, -0.2) is 12.4 Å². The number of nitrogens with two attached hydrogens (primary N) is 1. The van der Waals surface area contributed by atoms with E-state index in [0.29, 0.717) is 0 Å². The van der Waals surface area contributed by atoms with Gasteiger partial charge in [0.05, 0.1) is 6.61 Å². The summed E-state index contributed by atoms with van der Waals surface area (Å²) in [5.74, 6) is 1.95. The van der Waals surface area contributed by atoms with E-state index in [4.69, 9.17) is 10.5 Å². The molecule has 0 radical (unpaired) electrons. The molecule has 106 valence electrons. The molecule has 3 heteroatoms. The molecule has 0 aromatic heterocycles. The summed E-state index contributed by atoms with van der Waals surface area (Å²) in [6.45, 7) is 5.04. The summed E-state index contributed by atoms with van der Waals surface area (Å²) in [5.41, 5.74) is 9.10. The molecule has 2 aromatic rings. The molecular formula is C17H21NOS. The summed E-state index contributed by atoms with van der Waals surface area (Å²) in [5, 5.41) is 0. The van der Waals surface area contributed by atoms with E-state index in [-0.39, 0.29) is 0 Å². The highest BCUT2D eigenvalue weighted by molar-refractivity contribution is 7.99. The van der Waals surface area contributed by atoms with Crippen molar-refractivity contribution in [1.82, 2.24) is 0 Å². The minimum absolute atomic E-state index is 0.738. The molecule has 0 amide bonds. The van der Waals surface area contributed by atoms with Gasteiger partial charge in [0.15, 0.2) is 0 Å². The third kappa shape index (κ3) is 4.49. The number of ether oxygens (including phenoxy) is 1. The molecule has 20 heavy (non-hydrogen) atoms. The van der Waals surface area contributed by atoms with E-state index < -0.39 is 0 Å². The number of hydrogen-bond acceptors (Lipinski definition) is 3. The fraction of sp³-hybridized carbons (Fsp3) is 0.294. The van der Waals surface area contributed by atoms with Crippen LogP contribution in [0.1, 0.15) is 17.5 Å². The van der Waals surface area contributed by atoms with Crippen LogP contribution >= 0.6 is 11.8 Å². The van der Waals surface area contributed by atoms with Crippen LogP contribution < -0.4 is 10.5 Å². The number of thioether (sulfide) groups is 1. The van der Waals surface area contributed by atoms with Crippen molar-refractivity contribution in [2.75, 3.05) is 18.1 Å². The molecule has 0 aliphatic rings. The van der Waals surface area contributed by atoms with Crippen molar-refractivity contribution in [2.24, 2.45) is 0 Å². The maximum Gasteiger partial charge on any atom is 0.119 e. The van der Waals surface area contributed by atoms with Crippen LogP contribution in [0.2, 0.25) is 0 Å². The molecule has 0 heterocycles. The normalized spacial score (nSPS) is 10.5. The summed E-state index contributed by atoms with van der Waals surface area (Å²) < 4.78 is 5.67. The molecule has 0 aliphatic heterocycles. The van der Waals surface area contributed by atoms with Gasteiger partial charge in [0.25, 0.3) is 0 Å². The molecule has 0 fully saturated rings. The SMILES string of the molecule is Cc1ccc(SCCCOc2ccc(N)cc2)cc1C. The number of hydrogen-bond donors (Lipinski definition) is 1. The summed E-state index contributed by atoms with van der Waals surface area (Å²) in [7, 11) is 0. The number of rotatable bonds is 6. The van der Waals surface area contributed by atoms with Crippen molar-refractivity contribution in [3.63, 3.8) is 0 Å². The van der Waals surface area contributed by atoms with E-state index in [9.17, 15) is 0 Å². The zero-order valence-corrected chi connectivity index (χ0v) is 12.9. The van der Waals surface area contributed by atoms with Crippen molar-refractivity contribution < 1.29 is 4.74 Å². The van der Waals surface area contributed by atoms with Crippen LogP contribution in [0.25, 0.3) is 0 Å². The van der Waals surface area contributed by atoms with Gasteiger partial charge in [-0.3, -0.25) is 0 Å². The lowest BCUT2D eigenvalue weighted by Gasteiger charge is -2.07. The van der Waals surface area contributed by atoms with Crippen molar-refractivity contribution in [3.8, 4) is 5.75 Å². The van der Waals surface area contributed by atoms with E-state index in [1.165, 1.54) is 16.0 Å². The second kappa shape index (κ2) is 7.25. The van der Waals surface area contributed by atoms with Crippen molar-refractivity contribution >= 4 is 17.4 Å². The first-order valence-corrected chi connectivity index (χ1v) is 7.82. The van der Waals surface area contributed by atoms with Gasteiger partial charge < -0.3 is 10.5 Å². The average molecular weight is 287 g/mol. The molecule has 0 unspecified atom stereocenters. The zero-order valence-electron chi connectivity index (χ0n) is 12.1. The Morgan fingerprint density at radius 1 is 1.00 bits per heavy atom. The molecule has 2 N–H and O–H groups in total. The van der Waals surface area contributed by atoms with Gasteiger partial charge in [-0.15, -0.1) is 11.8 Å². The summed E-state index contributed by atoms with van der Waals surface area (Å²) in [6, 6.07) is 14.2. The molecule has 0 saturated carbocycles. The van der Waals surface area contributed by atoms with Gasteiger partial charge in [-0.2, -0.15) is 0 Å². The fourth-order valence-electron chi connectivity index (χ4n) is 1.81. The summed E-state index contributed by atoms with van der Waals surface area (Å²) in [4.78, 5) is 1.33. The van der Waals surface area contributed by atoms with Gasteiger partial charge in [-0.25, -0.2) is 0 Å². The summed E-state index contributed by atoms with van der Waals surface area (Å²) >= 11 is 1.88. The molecule has 0 bridgehead atoms. The Labute approximate surface area is 125 Å². The molecule has 2 aromatic carbocycles. The Bertz CT molecular complexity index is 551. The van der Waals surface area contributed by atoms with E-state index in [2.05, 4.69) is 32.0 Å². The number of anilines is 1. The highest BCUT2D eigenvalue weighted by atomic mass is 32.2. The molecule has 0 aliphatic carbocycles. The van der Waals surface area contributed by atoms with E-state index >= 15 is 0 Å². The van der Waals surface area contributed by atoms with Crippen LogP contribution in [0.4, 0.5) is 5.69 Å². The van der Waals surface area contributed by atoms with Gasteiger partial charge >= 0.3 is 0 Å². The standard InChI is InChI=1S/C17H21NOS/c1-13-4-9-17(12-14(13)2)20-11-3-10-19-16-7-5-15(18)6-8-16/h4-9,12H,3,10-11,18H2,1-2H3. The van der Waals surface area contributed by atoms with E-state index in [0.717, 1.165) is 30.2 Å². The van der Waals surface area contributed by atoms with Gasteiger partial charge in [0.2, 0.25) is 0 Å². The third-order valence-corrected chi connectivity index (χ3v) is 4.26. The average Bonchev–Trinajstić information content (AvgIpc) is 2.44. The first-order chi connectivity index (χ1) is 9.65. The van der Waals surface area contributed by atoms with Gasteiger partial charge in [-0.05, 0) is 67.8 Å². The Kier molecular flexibility index (Phi) is 5.36. The number of nitrogen functional groups attached to an aromatic ring is 1. The molecule has 0 saturated heterocycles. The first kappa shape index (κ1) is 14.8. The predicted octanol–water partition coefficient (Wildman–Crippen LogP) is 4.45. The second-order valence-corrected chi connectivity index (χ2v) is 6.03. The van der Waals surface area contributed by atoms with Gasteiger partial charge in [0, 0.05) is 16.3 Å². The zero-order chi connectivity index (χ0) is 14.4. The second-order valence-electron chi connectivity index (χ2n) is 4.87. The molecular weight excluding hydrogens is 266 g/mol. The van der Waals surface area contributed by atoms with E-state index in [1.807, 2.05) is 36.0 Å². The van der Waals surface area contributed by atoms with Gasteiger partial charge in [-0.1, -0.05) is 6.07 Å². The molecule has 2 rings (SSSR count). The Morgan fingerprint density at radius 3 is 2.45 bits per heavy atom. The molecule has 0 atom stereocenters. The van der Waals surface area contributed by atoms with Crippen LogP contribution in [0.3, 0.4) is 0 Å². The minimum atomic E-state index is 0.738. The Hall–Kier alpha value is -1.61. The first-order valence-electron chi connectivity index (χ1n) is 6.83. The minimum Gasteiger partial charge on any atom is -0.494 e. The lowest BCUT2D eigenvalue weighted by atomic mass is 10.1. The van der Waals surface area contributed by atoms with Gasteiger partial charge in [0.1, 0.15) is 5.75 Å². The monoisotopic (exact) mass is 287 g/mol. The maximum atomic E-state index is 5.67. The van der Waals surface area contributed by atoms with Crippen LogP contribution in [0.5, 0.6) is 5.75 Å². The van der Waals surface area contributed by atoms with Crippen LogP contribution in [0.15, 0.2) is 47.4 Å².